The zero-order valence-corrected chi connectivity index (χ0v) is 18.4. The summed E-state index contributed by atoms with van der Waals surface area (Å²) in [6.45, 7) is 4.50. The number of benzene rings is 2. The van der Waals surface area contributed by atoms with Crippen molar-refractivity contribution >= 4 is 16.8 Å². The standard InChI is InChI=1S/C25H29N3O3/c1-4-27(24(29)18-11-5-6-12-18)17(2)23-26-20-14-8-7-13-19(20)25(30)28(23)21-15-9-10-16-22(21)31-3/h7-10,13-18H,4-6,11-12H2,1-3H3. The molecule has 1 amide bonds. The molecule has 1 saturated carbocycles. The molecule has 4 rings (SSSR count). The fraction of sp³-hybridized carbons (Fsp3) is 0.400. The molecule has 0 spiro atoms. The van der Waals surface area contributed by atoms with Crippen molar-refractivity contribution in [1.29, 1.82) is 0 Å². The van der Waals surface area contributed by atoms with Crippen LogP contribution in [0.25, 0.3) is 16.6 Å². The minimum atomic E-state index is -0.361. The molecule has 0 saturated heterocycles. The Balaban J connectivity index is 1.91. The van der Waals surface area contributed by atoms with Crippen molar-refractivity contribution in [3.8, 4) is 11.4 Å². The van der Waals surface area contributed by atoms with Gasteiger partial charge >= 0.3 is 0 Å². The number of methoxy groups -OCH3 is 1. The van der Waals surface area contributed by atoms with Crippen LogP contribution in [0.5, 0.6) is 5.75 Å². The van der Waals surface area contributed by atoms with E-state index in [1.54, 1.807) is 17.7 Å². The molecule has 1 aliphatic carbocycles. The fourth-order valence-corrected chi connectivity index (χ4v) is 4.64. The van der Waals surface area contributed by atoms with Crippen molar-refractivity contribution in [2.24, 2.45) is 5.92 Å². The molecule has 1 fully saturated rings. The van der Waals surface area contributed by atoms with Crippen LogP contribution in [0.3, 0.4) is 0 Å². The van der Waals surface area contributed by atoms with E-state index in [2.05, 4.69) is 0 Å². The number of hydrogen-bond acceptors (Lipinski definition) is 4. The lowest BCUT2D eigenvalue weighted by molar-refractivity contribution is -0.137. The molecule has 1 aromatic heterocycles. The Kier molecular flexibility index (Phi) is 6.07. The molecule has 0 bridgehead atoms. The predicted molar refractivity (Wildman–Crippen MR) is 122 cm³/mol. The topological polar surface area (TPSA) is 64.4 Å². The summed E-state index contributed by atoms with van der Waals surface area (Å²) in [6.07, 6.45) is 4.07. The van der Waals surface area contributed by atoms with E-state index < -0.39 is 0 Å². The lowest BCUT2D eigenvalue weighted by atomic mass is 10.0. The lowest BCUT2D eigenvalue weighted by Crippen LogP contribution is -2.40. The van der Waals surface area contributed by atoms with Gasteiger partial charge in [0.15, 0.2) is 0 Å². The van der Waals surface area contributed by atoms with E-state index >= 15 is 0 Å². The van der Waals surface area contributed by atoms with Gasteiger partial charge in [-0.15, -0.1) is 0 Å². The number of carbonyl (C=O) groups is 1. The van der Waals surface area contributed by atoms with Crippen molar-refractivity contribution < 1.29 is 9.53 Å². The number of nitrogens with zero attached hydrogens (tertiary/aromatic N) is 3. The van der Waals surface area contributed by atoms with Crippen molar-refractivity contribution in [1.82, 2.24) is 14.5 Å². The first-order valence-electron chi connectivity index (χ1n) is 11.0. The third kappa shape index (κ3) is 3.82. The van der Waals surface area contributed by atoms with Crippen LogP contribution in [0.2, 0.25) is 0 Å². The third-order valence-corrected chi connectivity index (χ3v) is 6.30. The number of rotatable bonds is 6. The van der Waals surface area contributed by atoms with E-state index in [-0.39, 0.29) is 23.4 Å². The highest BCUT2D eigenvalue weighted by Gasteiger charge is 2.32. The average molecular weight is 420 g/mol. The van der Waals surface area contributed by atoms with Gasteiger partial charge in [0.1, 0.15) is 11.6 Å². The predicted octanol–water partition coefficient (Wildman–Crippen LogP) is 4.49. The number of amides is 1. The summed E-state index contributed by atoms with van der Waals surface area (Å²) in [7, 11) is 1.59. The van der Waals surface area contributed by atoms with Gasteiger partial charge < -0.3 is 9.64 Å². The number of ether oxygens (including phenoxy) is 1. The zero-order valence-electron chi connectivity index (χ0n) is 18.4. The summed E-state index contributed by atoms with van der Waals surface area (Å²) in [4.78, 5) is 33.7. The maximum absolute atomic E-state index is 13.6. The van der Waals surface area contributed by atoms with Gasteiger partial charge in [-0.1, -0.05) is 37.1 Å². The van der Waals surface area contributed by atoms with E-state index in [1.165, 1.54) is 0 Å². The maximum atomic E-state index is 13.6. The quantitative estimate of drug-likeness (QED) is 0.590. The third-order valence-electron chi connectivity index (χ3n) is 6.30. The Bertz CT molecular complexity index is 1150. The summed E-state index contributed by atoms with van der Waals surface area (Å²) in [5.74, 6) is 1.34. The van der Waals surface area contributed by atoms with Gasteiger partial charge in [-0.25, -0.2) is 4.98 Å². The second-order valence-electron chi connectivity index (χ2n) is 8.08. The molecule has 1 unspecified atom stereocenters. The number of aromatic nitrogens is 2. The molecule has 6 heteroatoms. The minimum Gasteiger partial charge on any atom is -0.495 e. The normalized spacial score (nSPS) is 15.2. The van der Waals surface area contributed by atoms with E-state index in [1.807, 2.05) is 61.2 Å². The Labute approximate surface area is 182 Å². The molecule has 1 heterocycles. The molecule has 2 aromatic carbocycles. The minimum absolute atomic E-state index is 0.0642. The van der Waals surface area contributed by atoms with Crippen molar-refractivity contribution in [3.05, 3.63) is 64.7 Å². The van der Waals surface area contributed by atoms with E-state index in [0.29, 0.717) is 34.7 Å². The first kappa shape index (κ1) is 21.1. The Morgan fingerprint density at radius 1 is 1.16 bits per heavy atom. The Morgan fingerprint density at radius 3 is 2.55 bits per heavy atom. The van der Waals surface area contributed by atoms with Crippen LogP contribution in [-0.2, 0) is 4.79 Å². The van der Waals surface area contributed by atoms with Crippen LogP contribution < -0.4 is 10.3 Å². The second kappa shape index (κ2) is 8.92. The van der Waals surface area contributed by atoms with E-state index in [0.717, 1.165) is 25.7 Å². The molecule has 0 radical (unpaired) electrons. The van der Waals surface area contributed by atoms with Gasteiger partial charge in [-0.05, 0) is 51.0 Å². The average Bonchev–Trinajstić information content (AvgIpc) is 3.34. The summed E-state index contributed by atoms with van der Waals surface area (Å²) in [6, 6.07) is 14.4. The highest BCUT2D eigenvalue weighted by Crippen LogP contribution is 2.31. The molecule has 1 aliphatic rings. The van der Waals surface area contributed by atoms with Gasteiger partial charge in [-0.2, -0.15) is 0 Å². The van der Waals surface area contributed by atoms with Gasteiger partial charge in [0.2, 0.25) is 5.91 Å². The molecule has 6 nitrogen and oxygen atoms in total. The monoisotopic (exact) mass is 419 g/mol. The van der Waals surface area contributed by atoms with Gasteiger partial charge in [0, 0.05) is 12.5 Å². The van der Waals surface area contributed by atoms with Crippen LogP contribution >= 0.6 is 0 Å². The number of para-hydroxylation sites is 3. The highest BCUT2D eigenvalue weighted by atomic mass is 16.5. The fourth-order valence-electron chi connectivity index (χ4n) is 4.64. The number of carbonyl (C=O) groups excluding carboxylic acids is 1. The lowest BCUT2D eigenvalue weighted by Gasteiger charge is -2.31. The molecule has 3 aromatic rings. The van der Waals surface area contributed by atoms with Crippen LogP contribution in [-0.4, -0.2) is 34.0 Å². The van der Waals surface area contributed by atoms with E-state index in [9.17, 15) is 9.59 Å². The van der Waals surface area contributed by atoms with Crippen molar-refractivity contribution in [2.45, 2.75) is 45.6 Å². The Hall–Kier alpha value is -3.15. The Morgan fingerprint density at radius 2 is 1.84 bits per heavy atom. The smallest absolute Gasteiger partial charge is 0.266 e. The van der Waals surface area contributed by atoms with Crippen LogP contribution in [0.4, 0.5) is 0 Å². The summed E-state index contributed by atoms with van der Waals surface area (Å²) in [5, 5.41) is 0.537. The summed E-state index contributed by atoms with van der Waals surface area (Å²) < 4.78 is 7.16. The summed E-state index contributed by atoms with van der Waals surface area (Å²) in [5.41, 5.74) is 1.09. The largest absolute Gasteiger partial charge is 0.495 e. The molecular weight excluding hydrogens is 390 g/mol. The maximum Gasteiger partial charge on any atom is 0.266 e. The number of fused-ring (bicyclic) bond motifs is 1. The van der Waals surface area contributed by atoms with Gasteiger partial charge in [0.25, 0.3) is 5.56 Å². The molecule has 31 heavy (non-hydrogen) atoms. The van der Waals surface area contributed by atoms with Crippen LogP contribution in [0.15, 0.2) is 53.3 Å². The van der Waals surface area contributed by atoms with Crippen molar-refractivity contribution in [2.75, 3.05) is 13.7 Å². The van der Waals surface area contributed by atoms with E-state index in [4.69, 9.17) is 9.72 Å². The molecule has 1 atom stereocenters. The highest BCUT2D eigenvalue weighted by molar-refractivity contribution is 5.80. The zero-order chi connectivity index (χ0) is 22.0. The van der Waals surface area contributed by atoms with Gasteiger partial charge in [-0.3, -0.25) is 14.2 Å². The SMILES string of the molecule is CCN(C(=O)C1CCCC1)C(C)c1nc2ccccc2c(=O)n1-c1ccccc1OC. The van der Waals surface area contributed by atoms with Crippen LogP contribution in [0, 0.1) is 5.92 Å². The van der Waals surface area contributed by atoms with Gasteiger partial charge in [0.05, 0.1) is 29.7 Å². The molecular formula is C25H29N3O3. The van der Waals surface area contributed by atoms with Crippen LogP contribution in [0.1, 0.15) is 51.4 Å². The first-order chi connectivity index (χ1) is 15.1. The van der Waals surface area contributed by atoms with Crippen molar-refractivity contribution in [3.63, 3.8) is 0 Å². The summed E-state index contributed by atoms with van der Waals surface area (Å²) >= 11 is 0. The number of hydrogen-bond donors (Lipinski definition) is 0. The second-order valence-corrected chi connectivity index (χ2v) is 8.08. The molecule has 0 N–H and O–H groups in total. The molecule has 162 valence electrons. The molecule has 0 aliphatic heterocycles. The first-order valence-corrected chi connectivity index (χ1v) is 11.0.